The van der Waals surface area contributed by atoms with Crippen molar-refractivity contribution in [1.29, 1.82) is 0 Å². The van der Waals surface area contributed by atoms with Gasteiger partial charge in [-0.2, -0.15) is 0 Å². The summed E-state index contributed by atoms with van der Waals surface area (Å²) in [6.45, 7) is 3.95. The molecule has 0 spiro atoms. The topological polar surface area (TPSA) is 57.7 Å². The highest BCUT2D eigenvalue weighted by molar-refractivity contribution is 7.89. The monoisotopic (exact) mass is 338 g/mol. The Kier molecular flexibility index (Phi) is 6.59. The van der Waals surface area contributed by atoms with Gasteiger partial charge in [-0.1, -0.05) is 37.3 Å². The van der Waals surface area contributed by atoms with Crippen LogP contribution in [-0.2, 0) is 21.2 Å². The fourth-order valence-corrected chi connectivity index (χ4v) is 4.40. The van der Waals surface area contributed by atoms with Gasteiger partial charge in [0.25, 0.3) is 0 Å². The lowest BCUT2D eigenvalue weighted by Crippen LogP contribution is -2.38. The van der Waals surface area contributed by atoms with Crippen LogP contribution in [0.5, 0.6) is 0 Å². The Morgan fingerprint density at radius 3 is 2.52 bits per heavy atom. The third kappa shape index (κ3) is 5.32. The normalized spacial score (nSPS) is 17.0. The average Bonchev–Trinajstić information content (AvgIpc) is 2.80. The molecule has 0 radical (unpaired) electrons. The molecular formula is C17H26N2O3S. The summed E-state index contributed by atoms with van der Waals surface area (Å²) < 4.78 is 25.8. The first kappa shape index (κ1) is 17.9. The number of carbonyl (C=O) groups is 1. The van der Waals surface area contributed by atoms with Crippen LogP contribution < -0.4 is 0 Å². The fraction of sp³-hybridized carbons (Fsp3) is 0.588. The lowest BCUT2D eigenvalue weighted by Gasteiger charge is -2.22. The first-order chi connectivity index (χ1) is 11.0. The molecule has 0 N–H and O–H groups in total. The molecule has 23 heavy (non-hydrogen) atoms. The Morgan fingerprint density at radius 1 is 1.09 bits per heavy atom. The van der Waals surface area contributed by atoms with Gasteiger partial charge in [0.05, 0.1) is 5.75 Å². The second-order valence-electron chi connectivity index (χ2n) is 5.93. The quantitative estimate of drug-likeness (QED) is 0.796. The van der Waals surface area contributed by atoms with E-state index < -0.39 is 10.0 Å². The van der Waals surface area contributed by atoms with Gasteiger partial charge in [0.2, 0.25) is 15.9 Å². The predicted molar refractivity (Wildman–Crippen MR) is 91.6 cm³/mol. The fourth-order valence-electron chi connectivity index (χ4n) is 2.86. The minimum absolute atomic E-state index is 0.114. The number of amides is 1. The summed E-state index contributed by atoms with van der Waals surface area (Å²) in [5, 5.41) is 0. The van der Waals surface area contributed by atoms with Crippen molar-refractivity contribution < 1.29 is 13.2 Å². The van der Waals surface area contributed by atoms with Crippen LogP contribution >= 0.6 is 0 Å². The lowest BCUT2D eigenvalue weighted by atomic mass is 10.1. The average molecular weight is 338 g/mol. The van der Waals surface area contributed by atoms with Crippen molar-refractivity contribution in [3.05, 3.63) is 35.9 Å². The second kappa shape index (κ2) is 8.45. The van der Waals surface area contributed by atoms with Crippen molar-refractivity contribution in [2.75, 3.05) is 31.9 Å². The van der Waals surface area contributed by atoms with Gasteiger partial charge in [-0.25, -0.2) is 12.7 Å². The first-order valence-corrected chi connectivity index (χ1v) is 9.93. The smallest absolute Gasteiger partial charge is 0.222 e. The van der Waals surface area contributed by atoms with E-state index in [1.807, 2.05) is 42.2 Å². The van der Waals surface area contributed by atoms with Crippen LogP contribution in [0.4, 0.5) is 0 Å². The molecule has 0 bridgehead atoms. The van der Waals surface area contributed by atoms with Crippen LogP contribution in [0.3, 0.4) is 0 Å². The second-order valence-corrected chi connectivity index (χ2v) is 8.02. The van der Waals surface area contributed by atoms with Crippen LogP contribution in [0.2, 0.25) is 0 Å². The molecule has 0 saturated carbocycles. The molecule has 1 amide bonds. The summed E-state index contributed by atoms with van der Waals surface area (Å²) in [6.07, 6.45) is 2.54. The zero-order chi connectivity index (χ0) is 16.7. The predicted octanol–water partition coefficient (Wildman–Crippen LogP) is 1.89. The van der Waals surface area contributed by atoms with Gasteiger partial charge in [-0.3, -0.25) is 4.79 Å². The van der Waals surface area contributed by atoms with Crippen molar-refractivity contribution in [2.45, 2.75) is 32.6 Å². The molecular weight excluding hydrogens is 312 g/mol. The number of aryl methyl sites for hydroxylation is 1. The maximum atomic E-state index is 12.4. The molecule has 1 heterocycles. The van der Waals surface area contributed by atoms with Crippen LogP contribution in [0.1, 0.15) is 31.7 Å². The molecule has 5 nitrogen and oxygen atoms in total. The van der Waals surface area contributed by atoms with E-state index in [2.05, 4.69) is 0 Å². The van der Waals surface area contributed by atoms with E-state index >= 15 is 0 Å². The van der Waals surface area contributed by atoms with Gasteiger partial charge in [0, 0.05) is 32.6 Å². The van der Waals surface area contributed by atoms with E-state index in [0.717, 1.165) is 12.0 Å². The van der Waals surface area contributed by atoms with Crippen molar-refractivity contribution in [3.8, 4) is 0 Å². The number of nitrogens with zero attached hydrogens (tertiary/aromatic N) is 2. The van der Waals surface area contributed by atoms with E-state index in [4.69, 9.17) is 0 Å². The summed E-state index contributed by atoms with van der Waals surface area (Å²) >= 11 is 0. The molecule has 6 heteroatoms. The highest BCUT2D eigenvalue weighted by atomic mass is 32.2. The molecule has 1 aliphatic heterocycles. The molecule has 1 aromatic carbocycles. The summed E-state index contributed by atoms with van der Waals surface area (Å²) in [5.74, 6) is 0.304. The maximum Gasteiger partial charge on any atom is 0.222 e. The maximum absolute atomic E-state index is 12.4. The zero-order valence-corrected chi connectivity index (χ0v) is 14.6. The Hall–Kier alpha value is -1.40. The summed E-state index contributed by atoms with van der Waals surface area (Å²) in [7, 11) is -3.17. The first-order valence-electron chi connectivity index (χ1n) is 8.32. The van der Waals surface area contributed by atoms with Gasteiger partial charge in [0.15, 0.2) is 0 Å². The van der Waals surface area contributed by atoms with Gasteiger partial charge < -0.3 is 4.90 Å². The number of sulfonamides is 1. The number of carbonyl (C=O) groups excluding carboxylic acids is 1. The third-order valence-electron chi connectivity index (χ3n) is 4.13. The Bertz CT molecular complexity index is 602. The van der Waals surface area contributed by atoms with Crippen LogP contribution in [0, 0.1) is 0 Å². The molecule has 1 aromatic rings. The third-order valence-corrected chi connectivity index (χ3v) is 6.21. The number of hydrogen-bond donors (Lipinski definition) is 0. The Morgan fingerprint density at radius 2 is 1.83 bits per heavy atom. The highest BCUT2D eigenvalue weighted by Crippen LogP contribution is 2.12. The number of rotatable bonds is 6. The minimum atomic E-state index is -3.17. The van der Waals surface area contributed by atoms with Gasteiger partial charge in [0.1, 0.15) is 0 Å². The number of benzene rings is 1. The van der Waals surface area contributed by atoms with E-state index in [-0.39, 0.29) is 11.7 Å². The van der Waals surface area contributed by atoms with E-state index in [1.165, 1.54) is 0 Å². The summed E-state index contributed by atoms with van der Waals surface area (Å²) in [4.78, 5) is 14.2. The minimum Gasteiger partial charge on any atom is -0.341 e. The van der Waals surface area contributed by atoms with Gasteiger partial charge >= 0.3 is 0 Å². The van der Waals surface area contributed by atoms with Crippen molar-refractivity contribution >= 4 is 15.9 Å². The lowest BCUT2D eigenvalue weighted by molar-refractivity contribution is -0.131. The van der Waals surface area contributed by atoms with E-state index in [1.54, 1.807) is 4.31 Å². The molecule has 128 valence electrons. The summed E-state index contributed by atoms with van der Waals surface area (Å²) in [5.41, 5.74) is 1.16. The Labute approximate surface area is 139 Å². The molecule has 0 unspecified atom stereocenters. The van der Waals surface area contributed by atoms with Crippen molar-refractivity contribution in [2.24, 2.45) is 0 Å². The van der Waals surface area contributed by atoms with Crippen LogP contribution in [-0.4, -0.2) is 55.5 Å². The van der Waals surface area contributed by atoms with Crippen LogP contribution in [0.15, 0.2) is 30.3 Å². The highest BCUT2D eigenvalue weighted by Gasteiger charge is 2.25. The van der Waals surface area contributed by atoms with Gasteiger partial charge in [-0.05, 0) is 24.8 Å². The molecule has 2 rings (SSSR count). The SMILES string of the molecule is CCCS(=O)(=O)N1CCCN(C(=O)CCc2ccccc2)CC1. The Balaban J connectivity index is 1.86. The van der Waals surface area contributed by atoms with Crippen LogP contribution in [0.25, 0.3) is 0 Å². The van der Waals surface area contributed by atoms with Crippen molar-refractivity contribution in [3.63, 3.8) is 0 Å². The molecule has 0 aromatic heterocycles. The molecule has 1 aliphatic rings. The van der Waals surface area contributed by atoms with E-state index in [0.29, 0.717) is 45.4 Å². The summed E-state index contributed by atoms with van der Waals surface area (Å²) in [6, 6.07) is 9.96. The number of hydrogen-bond acceptors (Lipinski definition) is 3. The molecule has 0 atom stereocenters. The molecule has 0 aliphatic carbocycles. The molecule has 1 fully saturated rings. The van der Waals surface area contributed by atoms with E-state index in [9.17, 15) is 13.2 Å². The standard InChI is InChI=1S/C17H26N2O3S/c1-2-15-23(21,22)19-12-6-11-18(13-14-19)17(20)10-9-16-7-4-3-5-8-16/h3-5,7-8H,2,6,9-15H2,1H3. The van der Waals surface area contributed by atoms with Crippen molar-refractivity contribution in [1.82, 2.24) is 9.21 Å². The molecule has 1 saturated heterocycles. The zero-order valence-electron chi connectivity index (χ0n) is 13.8. The largest absolute Gasteiger partial charge is 0.341 e. The van der Waals surface area contributed by atoms with Gasteiger partial charge in [-0.15, -0.1) is 0 Å².